The number of fused-ring (bicyclic) bond motifs is 12. The van der Waals surface area contributed by atoms with Crippen molar-refractivity contribution in [2.45, 2.75) is 70.6 Å². The number of rotatable bonds is 1. The van der Waals surface area contributed by atoms with Crippen molar-refractivity contribution in [3.63, 3.8) is 0 Å². The van der Waals surface area contributed by atoms with Gasteiger partial charge in [-0.05, 0) is 84.4 Å². The van der Waals surface area contributed by atoms with Crippen molar-refractivity contribution in [1.82, 2.24) is 19.9 Å². The number of hydrogen-bond acceptors (Lipinski definition) is 7. The van der Waals surface area contributed by atoms with E-state index in [1.807, 2.05) is 42.5 Å². The van der Waals surface area contributed by atoms with Gasteiger partial charge in [0, 0.05) is 33.2 Å². The number of benzene rings is 4. The maximum atomic E-state index is 6.47. The predicted octanol–water partition coefficient (Wildman–Crippen LogP) is 8.83. The molecule has 6 bridgehead atoms. The highest BCUT2D eigenvalue weighted by atomic mass is 16.3. The fourth-order valence-electron chi connectivity index (χ4n) is 8.05. The molecule has 6 aromatic rings. The zero-order valence-corrected chi connectivity index (χ0v) is 27.3. The number of furan rings is 1. The third-order valence-corrected chi connectivity index (χ3v) is 11.4. The Morgan fingerprint density at radius 2 is 1.30 bits per heavy atom. The van der Waals surface area contributed by atoms with E-state index in [1.54, 1.807) is 0 Å². The molecular weight excluding hydrogens is 568 g/mol. The van der Waals surface area contributed by atoms with E-state index < -0.39 is 5.54 Å². The number of anilines is 1. The van der Waals surface area contributed by atoms with E-state index in [4.69, 9.17) is 24.4 Å². The minimum absolute atomic E-state index is 0.238. The summed E-state index contributed by atoms with van der Waals surface area (Å²) in [5, 5.41) is 2.01. The van der Waals surface area contributed by atoms with Crippen LogP contribution in [0.15, 0.2) is 100 Å². The zero-order chi connectivity index (χ0) is 31.8. The van der Waals surface area contributed by atoms with Gasteiger partial charge in [0.1, 0.15) is 11.2 Å². The van der Waals surface area contributed by atoms with Gasteiger partial charge in [-0.25, -0.2) is 19.9 Å². The van der Waals surface area contributed by atoms with E-state index in [9.17, 15) is 0 Å². The molecule has 3 aliphatic rings. The second-order valence-electron chi connectivity index (χ2n) is 14.5. The summed E-state index contributed by atoms with van der Waals surface area (Å²) < 4.78 is 6.47. The third-order valence-electron chi connectivity index (χ3n) is 11.4. The van der Waals surface area contributed by atoms with Crippen LogP contribution in [0.2, 0.25) is 0 Å². The Balaban J connectivity index is 1.44. The predicted molar refractivity (Wildman–Crippen MR) is 185 cm³/mol. The topological polar surface area (TPSA) is 70.6 Å². The summed E-state index contributed by atoms with van der Waals surface area (Å²) >= 11 is 0. The fraction of sp³-hybridized carbons (Fsp3) is 0.282. The largest absolute Gasteiger partial charge is 0.456 e. The second kappa shape index (κ2) is 8.60. The zero-order valence-electron chi connectivity index (χ0n) is 27.3. The van der Waals surface area contributed by atoms with Gasteiger partial charge in [0.25, 0.3) is 0 Å². The third kappa shape index (κ3) is 3.27. The first kappa shape index (κ1) is 27.3. The first-order valence-corrected chi connectivity index (χ1v) is 16.0. The lowest BCUT2D eigenvalue weighted by Crippen LogP contribution is -2.62. The molecule has 0 spiro atoms. The quantitative estimate of drug-likeness (QED) is 0.187. The summed E-state index contributed by atoms with van der Waals surface area (Å²) in [6, 6.07) is 31.6. The number of aromatic nitrogens is 3. The Hall–Kier alpha value is -5.04. The molecule has 0 saturated carbocycles. The summed E-state index contributed by atoms with van der Waals surface area (Å²) in [6.07, 6.45) is 0. The van der Waals surface area contributed by atoms with Gasteiger partial charge in [0.15, 0.2) is 17.5 Å². The van der Waals surface area contributed by atoms with Crippen molar-refractivity contribution in [2.24, 2.45) is 4.99 Å². The summed E-state index contributed by atoms with van der Waals surface area (Å²) in [5.41, 5.74) is 5.24. The van der Waals surface area contributed by atoms with Crippen LogP contribution in [-0.2, 0) is 5.54 Å². The van der Waals surface area contributed by atoms with Crippen molar-refractivity contribution in [2.75, 3.05) is 4.90 Å². The van der Waals surface area contributed by atoms with E-state index in [-0.39, 0.29) is 16.6 Å². The summed E-state index contributed by atoms with van der Waals surface area (Å²) in [7, 11) is 0. The molecule has 228 valence electrons. The van der Waals surface area contributed by atoms with Gasteiger partial charge < -0.3 is 14.2 Å². The second-order valence-corrected chi connectivity index (χ2v) is 14.5. The van der Waals surface area contributed by atoms with Gasteiger partial charge in [-0.3, -0.25) is 0 Å². The highest BCUT2D eigenvalue weighted by molar-refractivity contribution is 6.14. The minimum atomic E-state index is -0.516. The van der Waals surface area contributed by atoms with Crippen molar-refractivity contribution >= 4 is 33.6 Å². The van der Waals surface area contributed by atoms with Crippen molar-refractivity contribution in [3.05, 3.63) is 96.6 Å². The summed E-state index contributed by atoms with van der Waals surface area (Å²) in [5.74, 6) is 2.88. The number of aliphatic imine (C=N–C) groups is 1. The SMILES string of the molecule is CC1(C)N=C2N(C1(C)C)C(C)(C)C1(C)c3cccc(c3)-c3nc(-c4ccccc4)nc(n3)-c3cccc4oc5ccc(cc5c34)N21. The molecule has 1 unspecified atom stereocenters. The average Bonchev–Trinajstić information content (AvgIpc) is 3.57. The fourth-order valence-corrected chi connectivity index (χ4v) is 8.05. The number of guanidine groups is 1. The van der Waals surface area contributed by atoms with Crippen molar-refractivity contribution < 1.29 is 4.42 Å². The van der Waals surface area contributed by atoms with Gasteiger partial charge in [0.2, 0.25) is 5.96 Å². The Labute approximate surface area is 268 Å². The van der Waals surface area contributed by atoms with Crippen LogP contribution in [0.1, 0.15) is 54.0 Å². The van der Waals surface area contributed by atoms with Crippen LogP contribution >= 0.6 is 0 Å². The molecule has 1 fully saturated rings. The molecule has 7 heteroatoms. The van der Waals surface area contributed by atoms with Gasteiger partial charge in [-0.1, -0.05) is 60.7 Å². The maximum Gasteiger partial charge on any atom is 0.203 e. The van der Waals surface area contributed by atoms with E-state index in [2.05, 4.69) is 107 Å². The normalized spacial score (nSPS) is 21.6. The van der Waals surface area contributed by atoms with Crippen LogP contribution in [0.4, 0.5) is 5.69 Å². The molecule has 46 heavy (non-hydrogen) atoms. The van der Waals surface area contributed by atoms with E-state index >= 15 is 0 Å². The molecule has 2 aromatic heterocycles. The number of hydrogen-bond donors (Lipinski definition) is 0. The van der Waals surface area contributed by atoms with Crippen LogP contribution in [0, 0.1) is 0 Å². The van der Waals surface area contributed by atoms with Gasteiger partial charge in [0.05, 0.1) is 22.2 Å². The molecule has 1 atom stereocenters. The molecule has 4 aromatic carbocycles. The first-order chi connectivity index (χ1) is 21.9. The summed E-state index contributed by atoms with van der Waals surface area (Å²) in [6.45, 7) is 16.2. The lowest BCUT2D eigenvalue weighted by Gasteiger charge is -2.51. The molecule has 9 rings (SSSR count). The lowest BCUT2D eigenvalue weighted by atomic mass is 9.71. The Morgan fingerprint density at radius 3 is 2.09 bits per heavy atom. The number of nitrogens with zero attached hydrogens (tertiary/aromatic N) is 6. The molecule has 0 radical (unpaired) electrons. The van der Waals surface area contributed by atoms with E-state index in [0.717, 1.165) is 55.8 Å². The monoisotopic (exact) mass is 604 g/mol. The Morgan fingerprint density at radius 1 is 0.609 bits per heavy atom. The van der Waals surface area contributed by atoms with Crippen LogP contribution in [0.3, 0.4) is 0 Å². The lowest BCUT2D eigenvalue weighted by molar-refractivity contribution is 0.0468. The van der Waals surface area contributed by atoms with Crippen LogP contribution < -0.4 is 4.90 Å². The molecule has 0 amide bonds. The average molecular weight is 605 g/mol. The molecule has 1 saturated heterocycles. The van der Waals surface area contributed by atoms with Crippen LogP contribution in [-0.4, -0.2) is 42.4 Å². The highest BCUT2D eigenvalue weighted by Crippen LogP contribution is 2.58. The smallest absolute Gasteiger partial charge is 0.203 e. The van der Waals surface area contributed by atoms with Gasteiger partial charge >= 0.3 is 0 Å². The van der Waals surface area contributed by atoms with Crippen LogP contribution in [0.5, 0.6) is 0 Å². The van der Waals surface area contributed by atoms with E-state index in [1.165, 1.54) is 0 Å². The highest BCUT2D eigenvalue weighted by Gasteiger charge is 2.68. The van der Waals surface area contributed by atoms with Crippen LogP contribution in [0.25, 0.3) is 56.1 Å². The van der Waals surface area contributed by atoms with Gasteiger partial charge in [-0.2, -0.15) is 0 Å². The Kier molecular flexibility index (Phi) is 5.10. The molecular formula is C39H36N6O. The summed E-state index contributed by atoms with van der Waals surface area (Å²) in [4.78, 5) is 25.8. The molecule has 5 heterocycles. The first-order valence-electron chi connectivity index (χ1n) is 16.0. The Bertz CT molecular complexity index is 2280. The molecule has 0 N–H and O–H groups in total. The molecule has 7 nitrogen and oxygen atoms in total. The van der Waals surface area contributed by atoms with Crippen molar-refractivity contribution in [1.29, 1.82) is 0 Å². The molecule has 0 aliphatic carbocycles. The minimum Gasteiger partial charge on any atom is -0.456 e. The standard InChI is InChI=1S/C39H36N6O/c1-36(2)37(3,4)45-35(43-36)44-26-19-20-29-28(22-26)31-27(17-12-18-30(31)46-29)34-41-32(23-13-9-8-10-14-23)40-33(42-34)24-15-11-16-25(21-24)39(44,7)38(45,5)6/h8-22H,1-7H3. The molecule has 3 aliphatic heterocycles. The maximum absolute atomic E-state index is 6.47. The van der Waals surface area contributed by atoms with E-state index in [0.29, 0.717) is 17.5 Å². The van der Waals surface area contributed by atoms with Gasteiger partial charge in [-0.15, -0.1) is 0 Å². The van der Waals surface area contributed by atoms with Crippen molar-refractivity contribution in [3.8, 4) is 34.2 Å².